The monoisotopic (exact) mass is 419 g/mol. The Bertz CT molecular complexity index is 1280. The van der Waals surface area contributed by atoms with E-state index in [-0.39, 0.29) is 35.9 Å². The highest BCUT2D eigenvalue weighted by Gasteiger charge is 2.26. The minimum atomic E-state index is -1.64. The molecule has 10 nitrogen and oxygen atoms in total. The van der Waals surface area contributed by atoms with E-state index in [1.54, 1.807) is 4.90 Å². The van der Waals surface area contributed by atoms with Gasteiger partial charge in [0.15, 0.2) is 11.8 Å². The first-order chi connectivity index (χ1) is 14.8. The van der Waals surface area contributed by atoms with Crippen molar-refractivity contribution in [3.05, 3.63) is 54.2 Å². The lowest BCUT2D eigenvalue weighted by Crippen LogP contribution is -2.39. The number of rotatable bonds is 6. The molecule has 6 N–H and O–H groups in total. The van der Waals surface area contributed by atoms with Crippen LogP contribution in [0.15, 0.2) is 48.7 Å². The van der Waals surface area contributed by atoms with Gasteiger partial charge in [0, 0.05) is 6.20 Å². The first-order valence-electron chi connectivity index (χ1n) is 9.56. The molecule has 2 atom stereocenters. The summed E-state index contributed by atoms with van der Waals surface area (Å²) >= 11 is 0. The van der Waals surface area contributed by atoms with Crippen LogP contribution in [0, 0.1) is 0 Å². The van der Waals surface area contributed by atoms with E-state index in [0.717, 1.165) is 16.3 Å². The summed E-state index contributed by atoms with van der Waals surface area (Å²) in [5.74, 6) is -1.04. The Morgan fingerprint density at radius 1 is 1.06 bits per heavy atom. The van der Waals surface area contributed by atoms with Crippen LogP contribution in [0.5, 0.6) is 0 Å². The van der Waals surface area contributed by atoms with Gasteiger partial charge in [0.1, 0.15) is 5.82 Å². The average molecular weight is 419 g/mol. The molecule has 2 aromatic heterocycles. The van der Waals surface area contributed by atoms with Crippen molar-refractivity contribution < 1.29 is 15.0 Å². The van der Waals surface area contributed by atoms with Gasteiger partial charge in [-0.25, -0.2) is 9.78 Å². The Kier molecular flexibility index (Phi) is 5.22. The zero-order valence-corrected chi connectivity index (χ0v) is 16.7. The molecule has 0 radical (unpaired) electrons. The zero-order chi connectivity index (χ0) is 22.1. The number of aromatic nitrogens is 4. The molecule has 0 fully saturated rings. The van der Waals surface area contributed by atoms with E-state index in [4.69, 9.17) is 11.5 Å². The highest BCUT2D eigenvalue weighted by molar-refractivity contribution is 5.87. The molecule has 0 aliphatic heterocycles. The number of hydrogen-bond acceptors (Lipinski definition) is 9. The molecule has 0 aliphatic rings. The van der Waals surface area contributed by atoms with Crippen molar-refractivity contribution >= 4 is 45.5 Å². The third-order valence-electron chi connectivity index (χ3n) is 5.14. The fraction of sp³-hybridized carbons (Fsp3) is 0.190. The second kappa shape index (κ2) is 8.00. The summed E-state index contributed by atoms with van der Waals surface area (Å²) in [5.41, 5.74) is 12.7. The molecule has 158 valence electrons. The summed E-state index contributed by atoms with van der Waals surface area (Å²) in [6.45, 7) is 1.66. The molecule has 0 saturated heterocycles. The first-order valence-corrected chi connectivity index (χ1v) is 9.56. The van der Waals surface area contributed by atoms with Crippen LogP contribution in [0.3, 0.4) is 0 Å². The average Bonchev–Trinajstić information content (AvgIpc) is 2.75. The van der Waals surface area contributed by atoms with Crippen LogP contribution in [0.25, 0.3) is 21.8 Å². The minimum Gasteiger partial charge on any atom is -0.479 e. The van der Waals surface area contributed by atoms with Gasteiger partial charge in [-0.1, -0.05) is 42.5 Å². The lowest BCUT2D eigenvalue weighted by atomic mass is 9.98. The molecule has 0 bridgehead atoms. The SMILES string of the molecule is C[C@H](c1cccc2ccccc12)N(C[C@@H](O)C(=O)O)c1ncc2c(N)nc(N)nc2n1. The van der Waals surface area contributed by atoms with E-state index in [0.29, 0.717) is 5.39 Å². The Morgan fingerprint density at radius 2 is 1.81 bits per heavy atom. The molecule has 31 heavy (non-hydrogen) atoms. The highest BCUT2D eigenvalue weighted by atomic mass is 16.4. The Balaban J connectivity index is 1.84. The third kappa shape index (κ3) is 3.88. The number of carboxylic acids is 1. The smallest absolute Gasteiger partial charge is 0.334 e. The Morgan fingerprint density at radius 3 is 2.58 bits per heavy atom. The normalized spacial score (nSPS) is 13.2. The molecule has 0 amide bonds. The van der Waals surface area contributed by atoms with Gasteiger partial charge in [-0.05, 0) is 23.3 Å². The van der Waals surface area contributed by atoms with Crippen molar-refractivity contribution in [2.75, 3.05) is 22.9 Å². The highest BCUT2D eigenvalue weighted by Crippen LogP contribution is 2.31. The van der Waals surface area contributed by atoms with E-state index < -0.39 is 12.1 Å². The third-order valence-corrected chi connectivity index (χ3v) is 5.14. The molecule has 0 spiro atoms. The maximum atomic E-state index is 11.4. The molecular weight excluding hydrogens is 398 g/mol. The van der Waals surface area contributed by atoms with Crippen molar-refractivity contribution in [3.8, 4) is 0 Å². The molecular formula is C21H21N7O3. The van der Waals surface area contributed by atoms with Crippen molar-refractivity contribution in [2.24, 2.45) is 0 Å². The number of nitrogens with two attached hydrogens (primary N) is 2. The predicted molar refractivity (Wildman–Crippen MR) is 117 cm³/mol. The van der Waals surface area contributed by atoms with E-state index in [9.17, 15) is 15.0 Å². The molecule has 2 aromatic carbocycles. The zero-order valence-electron chi connectivity index (χ0n) is 16.7. The van der Waals surface area contributed by atoms with Gasteiger partial charge in [-0.2, -0.15) is 15.0 Å². The van der Waals surface area contributed by atoms with Crippen LogP contribution in [-0.4, -0.2) is 48.8 Å². The number of benzene rings is 2. The fourth-order valence-electron chi connectivity index (χ4n) is 3.55. The van der Waals surface area contributed by atoms with Crippen LogP contribution >= 0.6 is 0 Å². The fourth-order valence-corrected chi connectivity index (χ4v) is 3.55. The summed E-state index contributed by atoms with van der Waals surface area (Å²) in [4.78, 5) is 29.8. The number of fused-ring (bicyclic) bond motifs is 2. The standard InChI is InChI=1S/C21H21N7O3/c1-11(13-8-4-6-12-5-2-3-7-14(12)13)28(10-16(29)19(30)31)21-24-9-15-17(22)25-20(23)26-18(15)27-21/h2-9,11,16,29H,10H2,1H3,(H,30,31)(H4,22,23,24,25,26,27)/t11-,16-/m1/s1. The maximum Gasteiger partial charge on any atom is 0.334 e. The van der Waals surface area contributed by atoms with E-state index in [1.807, 2.05) is 49.4 Å². The number of nitrogen functional groups attached to an aromatic ring is 2. The molecule has 2 heterocycles. The summed E-state index contributed by atoms with van der Waals surface area (Å²) in [5, 5.41) is 21.9. The maximum absolute atomic E-state index is 11.4. The molecule has 4 rings (SSSR count). The van der Waals surface area contributed by atoms with Gasteiger partial charge < -0.3 is 26.6 Å². The van der Waals surface area contributed by atoms with Gasteiger partial charge in [-0.15, -0.1) is 0 Å². The van der Waals surface area contributed by atoms with Crippen molar-refractivity contribution in [1.82, 2.24) is 19.9 Å². The van der Waals surface area contributed by atoms with Crippen LogP contribution < -0.4 is 16.4 Å². The number of anilines is 3. The lowest BCUT2D eigenvalue weighted by molar-refractivity contribution is -0.146. The molecule has 10 heteroatoms. The summed E-state index contributed by atoms with van der Waals surface area (Å²) in [7, 11) is 0. The van der Waals surface area contributed by atoms with Crippen LogP contribution in [0.1, 0.15) is 18.5 Å². The number of nitrogens with zero attached hydrogens (tertiary/aromatic N) is 5. The predicted octanol–water partition coefficient (Wildman–Crippen LogP) is 1.75. The first kappa shape index (κ1) is 20.2. The second-order valence-electron chi connectivity index (χ2n) is 7.13. The molecule has 0 aliphatic carbocycles. The Hall–Kier alpha value is -4.05. The van der Waals surface area contributed by atoms with Gasteiger partial charge in [-0.3, -0.25) is 0 Å². The Labute approximate surface area is 177 Å². The number of aliphatic carboxylic acids is 1. The quantitative estimate of drug-likeness (QED) is 0.362. The van der Waals surface area contributed by atoms with Gasteiger partial charge in [0.05, 0.1) is 18.0 Å². The van der Waals surface area contributed by atoms with E-state index in [1.165, 1.54) is 6.20 Å². The number of carboxylic acid groups (broad SMARTS) is 1. The van der Waals surface area contributed by atoms with Crippen molar-refractivity contribution in [3.63, 3.8) is 0 Å². The lowest BCUT2D eigenvalue weighted by Gasteiger charge is -2.31. The number of aliphatic hydroxyl groups excluding tert-OH is 1. The number of carbonyl (C=O) groups is 1. The minimum absolute atomic E-state index is 0.0335. The number of hydrogen-bond donors (Lipinski definition) is 4. The molecule has 4 aromatic rings. The van der Waals surface area contributed by atoms with Gasteiger partial charge in [0.2, 0.25) is 11.9 Å². The molecule has 0 unspecified atom stereocenters. The largest absolute Gasteiger partial charge is 0.479 e. The van der Waals surface area contributed by atoms with Crippen molar-refractivity contribution in [2.45, 2.75) is 19.1 Å². The van der Waals surface area contributed by atoms with Gasteiger partial charge >= 0.3 is 5.97 Å². The van der Waals surface area contributed by atoms with Crippen molar-refractivity contribution in [1.29, 1.82) is 0 Å². The van der Waals surface area contributed by atoms with Crippen LogP contribution in [0.4, 0.5) is 17.7 Å². The van der Waals surface area contributed by atoms with Gasteiger partial charge in [0.25, 0.3) is 0 Å². The summed E-state index contributed by atoms with van der Waals surface area (Å²) in [6.07, 6.45) is -0.181. The number of aliphatic hydroxyl groups is 1. The topological polar surface area (TPSA) is 164 Å². The second-order valence-corrected chi connectivity index (χ2v) is 7.13. The van der Waals surface area contributed by atoms with E-state index in [2.05, 4.69) is 19.9 Å². The summed E-state index contributed by atoms with van der Waals surface area (Å²) < 4.78 is 0. The van der Waals surface area contributed by atoms with Crippen LogP contribution in [-0.2, 0) is 4.79 Å². The molecule has 0 saturated carbocycles. The van der Waals surface area contributed by atoms with E-state index >= 15 is 0 Å². The summed E-state index contributed by atoms with van der Waals surface area (Å²) in [6, 6.07) is 13.4. The van der Waals surface area contributed by atoms with Crippen LogP contribution in [0.2, 0.25) is 0 Å².